The van der Waals surface area contributed by atoms with Crippen molar-refractivity contribution in [2.75, 3.05) is 18.8 Å². The maximum Gasteiger partial charge on any atom is 0.318 e. The van der Waals surface area contributed by atoms with E-state index in [1.54, 1.807) is 0 Å². The van der Waals surface area contributed by atoms with E-state index in [4.69, 9.17) is 10.2 Å². The topological polar surface area (TPSA) is 112 Å². The van der Waals surface area contributed by atoms with Gasteiger partial charge in [0.2, 0.25) is 10.0 Å². The highest BCUT2D eigenvalue weighted by molar-refractivity contribution is 7.89. The summed E-state index contributed by atoms with van der Waals surface area (Å²) < 4.78 is 22.8. The number of rotatable bonds is 6. The quantitative estimate of drug-likeness (QED) is 0.587. The van der Waals surface area contributed by atoms with E-state index < -0.39 is 35.1 Å². The predicted molar refractivity (Wildman–Crippen MR) is 46.3 cm³/mol. The van der Waals surface area contributed by atoms with Crippen LogP contribution < -0.4 is 0 Å². The lowest BCUT2D eigenvalue weighted by Crippen LogP contribution is -2.40. The standard InChI is InChI=1S/C6H11NO6S/c1-2-14(12,13)7(3-5(8)9)4-6(10)11/h2-4H2,1H3,(H,8,9)(H,10,11). The van der Waals surface area contributed by atoms with Crippen molar-refractivity contribution >= 4 is 22.0 Å². The Labute approximate surface area is 81.0 Å². The molecule has 0 radical (unpaired) electrons. The summed E-state index contributed by atoms with van der Waals surface area (Å²) in [6.45, 7) is -0.350. The molecule has 0 aliphatic carbocycles. The third-order valence-electron chi connectivity index (χ3n) is 1.38. The van der Waals surface area contributed by atoms with Gasteiger partial charge in [-0.1, -0.05) is 0 Å². The zero-order valence-corrected chi connectivity index (χ0v) is 8.32. The molecule has 0 aliphatic rings. The number of hydrogen-bond donors (Lipinski definition) is 2. The molecule has 0 atom stereocenters. The minimum atomic E-state index is -3.78. The van der Waals surface area contributed by atoms with Crippen LogP contribution in [0, 0.1) is 0 Å². The van der Waals surface area contributed by atoms with Crippen molar-refractivity contribution in [3.63, 3.8) is 0 Å². The van der Waals surface area contributed by atoms with E-state index in [-0.39, 0.29) is 5.75 Å². The second kappa shape index (κ2) is 4.91. The smallest absolute Gasteiger partial charge is 0.318 e. The lowest BCUT2D eigenvalue weighted by molar-refractivity contribution is -0.139. The highest BCUT2D eigenvalue weighted by atomic mass is 32.2. The molecule has 7 nitrogen and oxygen atoms in total. The molecule has 14 heavy (non-hydrogen) atoms. The van der Waals surface area contributed by atoms with Crippen LogP contribution in [0.3, 0.4) is 0 Å². The second-order valence-corrected chi connectivity index (χ2v) is 4.71. The Balaban J connectivity index is 4.72. The normalized spacial score (nSPS) is 11.6. The number of carboxylic acid groups (broad SMARTS) is 2. The summed E-state index contributed by atoms with van der Waals surface area (Å²) in [4.78, 5) is 20.5. The zero-order valence-electron chi connectivity index (χ0n) is 7.50. The van der Waals surface area contributed by atoms with Gasteiger partial charge in [-0.3, -0.25) is 9.59 Å². The van der Waals surface area contributed by atoms with Crippen LogP contribution in [0.4, 0.5) is 0 Å². The number of carbonyl (C=O) groups is 2. The number of aliphatic carboxylic acids is 2. The molecule has 0 rings (SSSR count). The average Bonchev–Trinajstić information content (AvgIpc) is 2.01. The average molecular weight is 225 g/mol. The highest BCUT2D eigenvalue weighted by Crippen LogP contribution is 2.00. The Morgan fingerprint density at radius 2 is 1.50 bits per heavy atom. The third-order valence-corrected chi connectivity index (χ3v) is 3.16. The van der Waals surface area contributed by atoms with Gasteiger partial charge in [0.05, 0.1) is 5.75 Å². The molecular formula is C6H11NO6S. The summed E-state index contributed by atoms with van der Waals surface area (Å²) in [5, 5.41) is 16.7. The van der Waals surface area contributed by atoms with E-state index in [0.717, 1.165) is 0 Å². The van der Waals surface area contributed by atoms with Gasteiger partial charge in [-0.25, -0.2) is 8.42 Å². The van der Waals surface area contributed by atoms with E-state index in [1.165, 1.54) is 6.92 Å². The summed E-state index contributed by atoms with van der Waals surface area (Å²) in [6.07, 6.45) is 0. The largest absolute Gasteiger partial charge is 0.480 e. The number of nitrogens with zero attached hydrogens (tertiary/aromatic N) is 1. The minimum absolute atomic E-state index is 0.326. The Hall–Kier alpha value is -1.15. The first-order valence-electron chi connectivity index (χ1n) is 3.71. The van der Waals surface area contributed by atoms with Crippen LogP contribution in [0.5, 0.6) is 0 Å². The summed E-state index contributed by atoms with van der Waals surface area (Å²) in [5.74, 6) is -3.10. The van der Waals surface area contributed by atoms with Crippen molar-refractivity contribution in [2.45, 2.75) is 6.92 Å². The molecule has 0 aromatic heterocycles. The van der Waals surface area contributed by atoms with E-state index in [0.29, 0.717) is 4.31 Å². The van der Waals surface area contributed by atoms with Crippen LogP contribution in [-0.4, -0.2) is 53.7 Å². The second-order valence-electron chi connectivity index (χ2n) is 2.46. The molecule has 0 fully saturated rings. The first kappa shape index (κ1) is 12.8. The molecule has 0 amide bonds. The summed E-state index contributed by atoms with van der Waals surface area (Å²) in [5.41, 5.74) is 0. The maximum atomic E-state index is 11.2. The highest BCUT2D eigenvalue weighted by Gasteiger charge is 2.24. The molecule has 0 aromatic rings. The van der Waals surface area contributed by atoms with Gasteiger partial charge in [0.25, 0.3) is 0 Å². The lowest BCUT2D eigenvalue weighted by atomic mass is 10.6. The fourth-order valence-corrected chi connectivity index (χ4v) is 1.72. The molecule has 0 aliphatic heterocycles. The molecule has 0 saturated carbocycles. The molecule has 82 valence electrons. The molecule has 2 N–H and O–H groups in total. The minimum Gasteiger partial charge on any atom is -0.480 e. The van der Waals surface area contributed by atoms with E-state index in [2.05, 4.69) is 0 Å². The van der Waals surface area contributed by atoms with Gasteiger partial charge in [0, 0.05) is 0 Å². The lowest BCUT2D eigenvalue weighted by Gasteiger charge is -2.16. The monoisotopic (exact) mass is 225 g/mol. The van der Waals surface area contributed by atoms with Gasteiger partial charge in [0.15, 0.2) is 0 Å². The number of sulfonamides is 1. The third kappa shape index (κ3) is 4.19. The zero-order chi connectivity index (χ0) is 11.4. The van der Waals surface area contributed by atoms with Gasteiger partial charge in [-0.15, -0.1) is 0 Å². The van der Waals surface area contributed by atoms with Crippen molar-refractivity contribution in [3.05, 3.63) is 0 Å². The van der Waals surface area contributed by atoms with Crippen LogP contribution in [0.2, 0.25) is 0 Å². The summed E-state index contributed by atoms with van der Waals surface area (Å²) >= 11 is 0. The molecular weight excluding hydrogens is 214 g/mol. The SMILES string of the molecule is CCS(=O)(=O)N(CC(=O)O)CC(=O)O. The van der Waals surface area contributed by atoms with Crippen LogP contribution in [-0.2, 0) is 19.6 Å². The van der Waals surface area contributed by atoms with Gasteiger partial charge >= 0.3 is 11.9 Å². The van der Waals surface area contributed by atoms with Gasteiger partial charge < -0.3 is 10.2 Å². The van der Waals surface area contributed by atoms with Crippen LogP contribution in [0.1, 0.15) is 6.92 Å². The Kier molecular flexibility index (Phi) is 4.51. The van der Waals surface area contributed by atoms with Crippen molar-refractivity contribution in [3.8, 4) is 0 Å². The molecule has 0 spiro atoms. The maximum absolute atomic E-state index is 11.2. The Bertz CT molecular complexity index is 305. The first-order valence-corrected chi connectivity index (χ1v) is 5.32. The van der Waals surface area contributed by atoms with Crippen molar-refractivity contribution in [2.24, 2.45) is 0 Å². The molecule has 8 heteroatoms. The van der Waals surface area contributed by atoms with Gasteiger partial charge in [-0.05, 0) is 6.92 Å². The van der Waals surface area contributed by atoms with E-state index in [9.17, 15) is 18.0 Å². The molecule has 0 aromatic carbocycles. The number of carboxylic acids is 2. The van der Waals surface area contributed by atoms with Crippen LogP contribution in [0.15, 0.2) is 0 Å². The Morgan fingerprint density at radius 1 is 1.14 bits per heavy atom. The summed E-state index contributed by atoms with van der Waals surface area (Å²) in [6, 6.07) is 0. The van der Waals surface area contributed by atoms with Crippen molar-refractivity contribution in [1.29, 1.82) is 0 Å². The van der Waals surface area contributed by atoms with Crippen LogP contribution in [0.25, 0.3) is 0 Å². The Morgan fingerprint density at radius 3 is 1.71 bits per heavy atom. The fourth-order valence-electron chi connectivity index (χ4n) is 0.737. The van der Waals surface area contributed by atoms with E-state index >= 15 is 0 Å². The number of hydrogen-bond acceptors (Lipinski definition) is 4. The van der Waals surface area contributed by atoms with Crippen LogP contribution >= 0.6 is 0 Å². The predicted octanol–water partition coefficient (Wildman–Crippen LogP) is -1.19. The molecule has 0 bridgehead atoms. The fraction of sp³-hybridized carbons (Fsp3) is 0.667. The van der Waals surface area contributed by atoms with Gasteiger partial charge in [0.1, 0.15) is 13.1 Å². The van der Waals surface area contributed by atoms with Crippen molar-refractivity contribution in [1.82, 2.24) is 4.31 Å². The molecule has 0 unspecified atom stereocenters. The van der Waals surface area contributed by atoms with Crippen molar-refractivity contribution < 1.29 is 28.2 Å². The first-order chi connectivity index (χ1) is 6.29. The summed E-state index contributed by atoms with van der Waals surface area (Å²) in [7, 11) is -3.78. The van der Waals surface area contributed by atoms with E-state index in [1.807, 2.05) is 0 Å². The molecule has 0 heterocycles. The van der Waals surface area contributed by atoms with Gasteiger partial charge in [-0.2, -0.15) is 4.31 Å². The molecule has 0 saturated heterocycles.